The van der Waals surface area contributed by atoms with Crippen LogP contribution in [0.2, 0.25) is 5.02 Å². The van der Waals surface area contributed by atoms with E-state index in [0.717, 1.165) is 23.0 Å². The van der Waals surface area contributed by atoms with E-state index < -0.39 is 0 Å². The van der Waals surface area contributed by atoms with E-state index in [0.29, 0.717) is 11.4 Å². The van der Waals surface area contributed by atoms with E-state index in [2.05, 4.69) is 4.98 Å². The van der Waals surface area contributed by atoms with Gasteiger partial charge in [-0.05, 0) is 18.6 Å². The van der Waals surface area contributed by atoms with Crippen molar-refractivity contribution in [3.8, 4) is 0 Å². The number of likely N-dealkylation sites (tertiary alicyclic amines) is 1. The number of rotatable bonds is 1. The zero-order valence-electron chi connectivity index (χ0n) is 10.1. The number of hydrogen-bond donors (Lipinski definition) is 0. The van der Waals surface area contributed by atoms with Crippen LogP contribution in [-0.2, 0) is 4.79 Å². The highest BCUT2D eigenvalue weighted by Crippen LogP contribution is 2.33. The lowest BCUT2D eigenvalue weighted by atomic mass is 10.1. The Morgan fingerprint density at radius 3 is 2.89 bits per heavy atom. The summed E-state index contributed by atoms with van der Waals surface area (Å²) in [6, 6.07) is 9.72. The Morgan fingerprint density at radius 2 is 2.17 bits per heavy atom. The average Bonchev–Trinajstić information content (AvgIpc) is 2.70. The number of para-hydroxylation sites is 1. The normalized spacial score (nSPS) is 19.8. The molecule has 3 nitrogen and oxygen atoms in total. The van der Waals surface area contributed by atoms with Gasteiger partial charge in [0.1, 0.15) is 0 Å². The molecule has 2 heterocycles. The molecule has 1 amide bonds. The monoisotopic (exact) mass is 260 g/mol. The third-order valence-electron chi connectivity index (χ3n) is 3.52. The highest BCUT2D eigenvalue weighted by atomic mass is 35.5. The van der Waals surface area contributed by atoms with Crippen LogP contribution in [0.1, 0.15) is 24.6 Å². The van der Waals surface area contributed by atoms with Crippen LogP contribution in [0.25, 0.3) is 10.9 Å². The van der Waals surface area contributed by atoms with Crippen molar-refractivity contribution in [2.24, 2.45) is 0 Å². The zero-order chi connectivity index (χ0) is 12.7. The van der Waals surface area contributed by atoms with E-state index in [1.807, 2.05) is 37.4 Å². The molecular weight excluding hydrogens is 248 g/mol. The van der Waals surface area contributed by atoms with E-state index in [-0.39, 0.29) is 11.9 Å². The molecule has 1 fully saturated rings. The van der Waals surface area contributed by atoms with Crippen LogP contribution in [0, 0.1) is 0 Å². The minimum Gasteiger partial charge on any atom is -0.337 e. The van der Waals surface area contributed by atoms with E-state index in [4.69, 9.17) is 11.6 Å². The first-order chi connectivity index (χ1) is 8.66. The largest absolute Gasteiger partial charge is 0.337 e. The second kappa shape index (κ2) is 4.25. The first kappa shape index (κ1) is 11.5. The number of amides is 1. The highest BCUT2D eigenvalue weighted by Gasteiger charge is 2.30. The molecule has 18 heavy (non-hydrogen) atoms. The molecule has 2 aromatic rings. The van der Waals surface area contributed by atoms with Crippen LogP contribution < -0.4 is 0 Å². The average molecular weight is 261 g/mol. The molecule has 1 aromatic carbocycles. The van der Waals surface area contributed by atoms with Crippen molar-refractivity contribution in [1.82, 2.24) is 9.88 Å². The van der Waals surface area contributed by atoms with Gasteiger partial charge in [-0.1, -0.05) is 29.8 Å². The van der Waals surface area contributed by atoms with E-state index in [1.165, 1.54) is 0 Å². The molecule has 1 aromatic heterocycles. The van der Waals surface area contributed by atoms with Crippen LogP contribution in [0.4, 0.5) is 0 Å². The Hall–Kier alpha value is -1.61. The summed E-state index contributed by atoms with van der Waals surface area (Å²) in [5.74, 6) is 0.172. The number of carbonyl (C=O) groups is 1. The molecule has 0 bridgehead atoms. The van der Waals surface area contributed by atoms with Gasteiger partial charge in [0.05, 0.1) is 22.3 Å². The lowest BCUT2D eigenvalue weighted by Gasteiger charge is -2.19. The predicted octanol–water partition coefficient (Wildman–Crippen LogP) is 3.18. The molecule has 1 atom stereocenters. The van der Waals surface area contributed by atoms with E-state index in [9.17, 15) is 4.79 Å². The third-order valence-corrected chi connectivity index (χ3v) is 3.83. The fourth-order valence-electron chi connectivity index (χ4n) is 2.47. The first-order valence-electron chi connectivity index (χ1n) is 5.97. The molecule has 1 saturated heterocycles. The summed E-state index contributed by atoms with van der Waals surface area (Å²) in [6.45, 7) is 0. The third kappa shape index (κ3) is 1.75. The fraction of sp³-hybridized carbons (Fsp3) is 0.286. The van der Waals surface area contributed by atoms with Crippen LogP contribution >= 0.6 is 11.6 Å². The summed E-state index contributed by atoms with van der Waals surface area (Å²) in [5, 5.41) is 1.65. The Balaban J connectivity index is 2.11. The van der Waals surface area contributed by atoms with Crippen molar-refractivity contribution in [2.75, 3.05) is 7.05 Å². The molecule has 92 valence electrons. The van der Waals surface area contributed by atoms with Gasteiger partial charge in [-0.25, -0.2) is 0 Å². The van der Waals surface area contributed by atoms with Crippen molar-refractivity contribution < 1.29 is 4.79 Å². The fourth-order valence-corrected chi connectivity index (χ4v) is 2.74. The molecule has 1 aliphatic rings. The molecule has 0 spiro atoms. The second-order valence-corrected chi connectivity index (χ2v) is 5.01. The van der Waals surface area contributed by atoms with Crippen LogP contribution in [-0.4, -0.2) is 22.8 Å². The maximum absolute atomic E-state index is 11.6. The van der Waals surface area contributed by atoms with E-state index >= 15 is 0 Å². The van der Waals surface area contributed by atoms with Gasteiger partial charge in [0, 0.05) is 18.9 Å². The first-order valence-corrected chi connectivity index (χ1v) is 6.35. The Kier molecular flexibility index (Phi) is 2.71. The van der Waals surface area contributed by atoms with Gasteiger partial charge in [-0.2, -0.15) is 0 Å². The Labute approximate surface area is 110 Å². The highest BCUT2D eigenvalue weighted by molar-refractivity contribution is 6.35. The Morgan fingerprint density at radius 1 is 1.39 bits per heavy atom. The standard InChI is InChI=1S/C14H13ClN2O/c1-17-13(6-7-14(17)18)12-8-10(15)9-4-2-3-5-11(9)16-12/h2-5,8,13H,6-7H2,1H3. The minimum absolute atomic E-state index is 0.0552. The van der Waals surface area contributed by atoms with Crippen molar-refractivity contribution in [3.05, 3.63) is 41.0 Å². The maximum Gasteiger partial charge on any atom is 0.222 e. The van der Waals surface area contributed by atoms with Gasteiger partial charge in [0.15, 0.2) is 0 Å². The quantitative estimate of drug-likeness (QED) is 0.789. The number of pyridine rings is 1. The number of halogens is 1. The zero-order valence-corrected chi connectivity index (χ0v) is 10.8. The number of carbonyl (C=O) groups excluding carboxylic acids is 1. The molecular formula is C14H13ClN2O. The molecule has 0 aliphatic carbocycles. The molecule has 1 aliphatic heterocycles. The molecule has 4 heteroatoms. The molecule has 0 saturated carbocycles. The number of benzene rings is 1. The summed E-state index contributed by atoms with van der Waals surface area (Å²) in [6.07, 6.45) is 1.41. The van der Waals surface area contributed by atoms with Gasteiger partial charge in [0.25, 0.3) is 0 Å². The lowest BCUT2D eigenvalue weighted by Crippen LogP contribution is -2.23. The van der Waals surface area contributed by atoms with Crippen molar-refractivity contribution in [3.63, 3.8) is 0 Å². The summed E-state index contributed by atoms with van der Waals surface area (Å²) in [4.78, 5) is 18.0. The van der Waals surface area contributed by atoms with Crippen molar-refractivity contribution in [2.45, 2.75) is 18.9 Å². The van der Waals surface area contributed by atoms with Gasteiger partial charge in [0.2, 0.25) is 5.91 Å². The molecule has 1 unspecified atom stereocenters. The molecule has 0 radical (unpaired) electrons. The summed E-state index contributed by atoms with van der Waals surface area (Å²) >= 11 is 6.28. The topological polar surface area (TPSA) is 33.2 Å². The summed E-state index contributed by atoms with van der Waals surface area (Å²) in [5.41, 5.74) is 1.76. The summed E-state index contributed by atoms with van der Waals surface area (Å²) < 4.78 is 0. The van der Waals surface area contributed by atoms with Gasteiger partial charge >= 0.3 is 0 Å². The number of aromatic nitrogens is 1. The molecule has 3 rings (SSSR count). The number of nitrogens with zero attached hydrogens (tertiary/aromatic N) is 2. The minimum atomic E-state index is 0.0552. The Bertz CT molecular complexity index is 626. The second-order valence-electron chi connectivity index (χ2n) is 4.61. The SMILES string of the molecule is CN1C(=O)CCC1c1cc(Cl)c2ccccc2n1. The maximum atomic E-state index is 11.6. The number of fused-ring (bicyclic) bond motifs is 1. The number of hydrogen-bond acceptors (Lipinski definition) is 2. The van der Waals surface area contributed by atoms with E-state index in [1.54, 1.807) is 4.90 Å². The summed E-state index contributed by atoms with van der Waals surface area (Å²) in [7, 11) is 1.82. The van der Waals surface area contributed by atoms with Crippen LogP contribution in [0.3, 0.4) is 0 Å². The van der Waals surface area contributed by atoms with Gasteiger partial charge < -0.3 is 4.90 Å². The molecule has 0 N–H and O–H groups in total. The van der Waals surface area contributed by atoms with Gasteiger partial charge in [-0.15, -0.1) is 0 Å². The van der Waals surface area contributed by atoms with Gasteiger partial charge in [-0.3, -0.25) is 9.78 Å². The van der Waals surface area contributed by atoms with Crippen LogP contribution in [0.15, 0.2) is 30.3 Å². The van der Waals surface area contributed by atoms with Crippen molar-refractivity contribution >= 4 is 28.4 Å². The van der Waals surface area contributed by atoms with Crippen LogP contribution in [0.5, 0.6) is 0 Å². The van der Waals surface area contributed by atoms with Crippen molar-refractivity contribution in [1.29, 1.82) is 0 Å². The smallest absolute Gasteiger partial charge is 0.222 e. The predicted molar refractivity (Wildman–Crippen MR) is 71.5 cm³/mol. The lowest BCUT2D eigenvalue weighted by molar-refractivity contribution is -0.127.